The van der Waals surface area contributed by atoms with Gasteiger partial charge in [-0.3, -0.25) is 9.79 Å². The second-order valence-corrected chi connectivity index (χ2v) is 6.36. The summed E-state index contributed by atoms with van der Waals surface area (Å²) >= 11 is 3.44. The normalized spacial score (nSPS) is 10.8. The van der Waals surface area contributed by atoms with Gasteiger partial charge in [0.15, 0.2) is 5.96 Å². The Hall–Kier alpha value is -1.61. The largest absolute Gasteiger partial charge is 0.366 e. The fourth-order valence-electron chi connectivity index (χ4n) is 2.29. The van der Waals surface area contributed by atoms with Crippen LogP contribution in [0.5, 0.6) is 0 Å². The minimum atomic E-state index is -0.417. The lowest BCUT2D eigenvalue weighted by Gasteiger charge is -2.22. The topological polar surface area (TPSA) is 70.7 Å². The summed E-state index contributed by atoms with van der Waals surface area (Å²) in [4.78, 5) is 17.5. The SMILES string of the molecule is CN=C(NCc1ccc(C(N)=O)cc1)N(C)Cc1ccc(Br)cc1.I. The summed E-state index contributed by atoms with van der Waals surface area (Å²) < 4.78 is 1.07. The zero-order valence-electron chi connectivity index (χ0n) is 14.2. The van der Waals surface area contributed by atoms with Crippen molar-refractivity contribution in [3.05, 3.63) is 69.7 Å². The van der Waals surface area contributed by atoms with Crippen LogP contribution in [-0.2, 0) is 13.1 Å². The zero-order chi connectivity index (χ0) is 17.5. The number of guanidine groups is 1. The van der Waals surface area contributed by atoms with Crippen molar-refractivity contribution >= 4 is 51.8 Å². The van der Waals surface area contributed by atoms with E-state index in [1.54, 1.807) is 19.2 Å². The average molecular weight is 517 g/mol. The van der Waals surface area contributed by atoms with Gasteiger partial charge in [0, 0.05) is 37.2 Å². The predicted octanol–water partition coefficient (Wildman–Crippen LogP) is 3.37. The second kappa shape index (κ2) is 10.4. The third kappa shape index (κ3) is 6.66. The number of amides is 1. The maximum atomic E-state index is 11.1. The minimum absolute atomic E-state index is 0. The van der Waals surface area contributed by atoms with E-state index in [2.05, 4.69) is 43.3 Å². The first-order chi connectivity index (χ1) is 11.5. The molecule has 0 saturated carbocycles. The molecule has 2 aromatic rings. The van der Waals surface area contributed by atoms with Gasteiger partial charge in [-0.05, 0) is 35.4 Å². The van der Waals surface area contributed by atoms with Crippen molar-refractivity contribution in [2.75, 3.05) is 14.1 Å². The van der Waals surface area contributed by atoms with Gasteiger partial charge in [-0.15, -0.1) is 24.0 Å². The maximum absolute atomic E-state index is 11.1. The van der Waals surface area contributed by atoms with E-state index in [1.807, 2.05) is 31.3 Å². The van der Waals surface area contributed by atoms with Crippen LogP contribution < -0.4 is 11.1 Å². The molecule has 7 heteroatoms. The Morgan fingerprint density at radius 3 is 2.20 bits per heavy atom. The molecule has 0 aromatic heterocycles. The summed E-state index contributed by atoms with van der Waals surface area (Å²) in [5.74, 6) is 0.386. The third-order valence-corrected chi connectivity index (χ3v) is 4.12. The summed E-state index contributed by atoms with van der Waals surface area (Å²) in [6, 6.07) is 15.4. The number of carbonyl (C=O) groups is 1. The Balaban J connectivity index is 0.00000312. The lowest BCUT2D eigenvalue weighted by atomic mass is 10.1. The Kier molecular flexibility index (Phi) is 8.91. The summed E-state index contributed by atoms with van der Waals surface area (Å²) in [6.07, 6.45) is 0. The van der Waals surface area contributed by atoms with Gasteiger partial charge < -0.3 is 16.0 Å². The van der Waals surface area contributed by atoms with E-state index < -0.39 is 5.91 Å². The molecule has 0 saturated heterocycles. The fourth-order valence-corrected chi connectivity index (χ4v) is 2.56. The molecule has 134 valence electrons. The molecule has 0 radical (unpaired) electrons. The smallest absolute Gasteiger partial charge is 0.248 e. The number of hydrogen-bond acceptors (Lipinski definition) is 2. The number of nitrogens with zero attached hydrogens (tertiary/aromatic N) is 2. The van der Waals surface area contributed by atoms with Gasteiger partial charge in [0.2, 0.25) is 5.91 Å². The van der Waals surface area contributed by atoms with Gasteiger partial charge in [-0.25, -0.2) is 0 Å². The predicted molar refractivity (Wildman–Crippen MR) is 116 cm³/mol. The number of halogens is 2. The van der Waals surface area contributed by atoms with Crippen LogP contribution in [0, 0.1) is 0 Å². The summed E-state index contributed by atoms with van der Waals surface area (Å²) in [5, 5.41) is 3.32. The van der Waals surface area contributed by atoms with Gasteiger partial charge in [0.25, 0.3) is 0 Å². The molecule has 0 fully saturated rings. The molecule has 1 amide bonds. The average Bonchev–Trinajstić information content (AvgIpc) is 2.58. The molecule has 0 bridgehead atoms. The van der Waals surface area contributed by atoms with E-state index in [1.165, 1.54) is 5.56 Å². The van der Waals surface area contributed by atoms with E-state index in [9.17, 15) is 4.79 Å². The molecule has 5 nitrogen and oxygen atoms in total. The molecule has 3 N–H and O–H groups in total. The quantitative estimate of drug-likeness (QED) is 0.363. The highest BCUT2D eigenvalue weighted by Gasteiger charge is 2.07. The number of nitrogens with two attached hydrogens (primary N) is 1. The van der Waals surface area contributed by atoms with Gasteiger partial charge in [-0.1, -0.05) is 40.2 Å². The number of hydrogen-bond donors (Lipinski definition) is 2. The molecule has 2 aromatic carbocycles. The number of rotatable bonds is 5. The standard InChI is InChI=1S/C18H21BrN4O.HI/c1-21-18(23(2)12-14-5-9-16(19)10-6-14)22-11-13-3-7-15(8-4-13)17(20)24;/h3-10H,11-12H2,1-2H3,(H2,20,24)(H,21,22);1H. The van der Waals surface area contributed by atoms with Gasteiger partial charge in [0.05, 0.1) is 0 Å². The number of benzene rings is 2. The number of aliphatic imine (C=N–C) groups is 1. The third-order valence-electron chi connectivity index (χ3n) is 3.60. The first kappa shape index (κ1) is 21.4. The van der Waals surface area contributed by atoms with E-state index in [4.69, 9.17) is 5.73 Å². The molecule has 25 heavy (non-hydrogen) atoms. The first-order valence-electron chi connectivity index (χ1n) is 7.54. The highest BCUT2D eigenvalue weighted by Crippen LogP contribution is 2.12. The molecule has 2 rings (SSSR count). The van der Waals surface area contributed by atoms with Gasteiger partial charge in [0.1, 0.15) is 0 Å². The molecule has 0 atom stereocenters. The summed E-state index contributed by atoms with van der Waals surface area (Å²) in [7, 11) is 3.75. The Bertz CT molecular complexity index is 717. The van der Waals surface area contributed by atoms with Crippen molar-refractivity contribution in [1.29, 1.82) is 0 Å². The van der Waals surface area contributed by atoms with Crippen LogP contribution in [0.1, 0.15) is 21.5 Å². The number of carbonyl (C=O) groups excluding carboxylic acids is 1. The van der Waals surface area contributed by atoms with Gasteiger partial charge in [-0.2, -0.15) is 0 Å². The second-order valence-electron chi connectivity index (χ2n) is 5.44. The number of primary amides is 1. The lowest BCUT2D eigenvalue weighted by molar-refractivity contribution is 0.100. The van der Waals surface area contributed by atoms with Crippen molar-refractivity contribution in [2.45, 2.75) is 13.1 Å². The van der Waals surface area contributed by atoms with Crippen molar-refractivity contribution in [1.82, 2.24) is 10.2 Å². The van der Waals surface area contributed by atoms with E-state index in [-0.39, 0.29) is 24.0 Å². The summed E-state index contributed by atoms with van der Waals surface area (Å²) in [5.41, 5.74) is 8.01. The lowest BCUT2D eigenvalue weighted by Crippen LogP contribution is -2.38. The van der Waals surface area contributed by atoms with Gasteiger partial charge >= 0.3 is 0 Å². The molecular formula is C18H22BrIN4O. The maximum Gasteiger partial charge on any atom is 0.248 e. The molecule has 0 spiro atoms. The van der Waals surface area contributed by atoms with Crippen LogP contribution in [0.15, 0.2) is 58.0 Å². The highest BCUT2D eigenvalue weighted by molar-refractivity contribution is 14.0. The molecule has 0 heterocycles. The van der Waals surface area contributed by atoms with Crippen molar-refractivity contribution in [3.8, 4) is 0 Å². The molecular weight excluding hydrogens is 495 g/mol. The van der Waals surface area contributed by atoms with Crippen LogP contribution in [-0.4, -0.2) is 30.9 Å². The molecule has 0 aliphatic rings. The monoisotopic (exact) mass is 516 g/mol. The van der Waals surface area contributed by atoms with Crippen LogP contribution in [0.2, 0.25) is 0 Å². The van der Waals surface area contributed by atoms with Crippen LogP contribution in [0.3, 0.4) is 0 Å². The Morgan fingerprint density at radius 2 is 1.68 bits per heavy atom. The zero-order valence-corrected chi connectivity index (χ0v) is 18.1. The fraction of sp³-hybridized carbons (Fsp3) is 0.222. The van der Waals surface area contributed by atoms with E-state index in [0.717, 1.165) is 22.5 Å². The van der Waals surface area contributed by atoms with Crippen molar-refractivity contribution in [2.24, 2.45) is 10.7 Å². The van der Waals surface area contributed by atoms with Crippen molar-refractivity contribution < 1.29 is 4.79 Å². The first-order valence-corrected chi connectivity index (χ1v) is 8.34. The highest BCUT2D eigenvalue weighted by atomic mass is 127. The Morgan fingerprint density at radius 1 is 1.12 bits per heavy atom. The number of nitrogens with one attached hydrogen (secondary N) is 1. The van der Waals surface area contributed by atoms with Crippen LogP contribution >= 0.6 is 39.9 Å². The Labute approximate surface area is 173 Å². The van der Waals surface area contributed by atoms with E-state index >= 15 is 0 Å². The van der Waals surface area contributed by atoms with Crippen LogP contribution in [0.25, 0.3) is 0 Å². The van der Waals surface area contributed by atoms with E-state index in [0.29, 0.717) is 12.1 Å². The van der Waals surface area contributed by atoms with Crippen LogP contribution in [0.4, 0.5) is 0 Å². The molecule has 0 aliphatic heterocycles. The molecule has 0 unspecified atom stereocenters. The summed E-state index contributed by atoms with van der Waals surface area (Å²) in [6.45, 7) is 1.38. The minimum Gasteiger partial charge on any atom is -0.366 e. The molecule has 0 aliphatic carbocycles. The van der Waals surface area contributed by atoms with Crippen molar-refractivity contribution in [3.63, 3.8) is 0 Å².